The summed E-state index contributed by atoms with van der Waals surface area (Å²) in [5, 5.41) is 6.03. The Labute approximate surface area is 234 Å². The van der Waals surface area contributed by atoms with Crippen LogP contribution in [0.2, 0.25) is 0 Å². The smallest absolute Gasteiger partial charge is 0.328 e. The number of nitrogens with one attached hydrogen (secondary N) is 2. The fraction of sp³-hybridized carbons (Fsp3) is 0.846. The summed E-state index contributed by atoms with van der Waals surface area (Å²) in [6.45, 7) is 10.6. The average molecular weight is 576 g/mol. The molecule has 2 aliphatic heterocycles. The zero-order valence-corrected chi connectivity index (χ0v) is 24.9. The highest BCUT2D eigenvalue weighted by atomic mass is 33.1. The molecule has 3 atom stereocenters. The molecule has 0 saturated carbocycles. The van der Waals surface area contributed by atoms with Gasteiger partial charge in [-0.1, -0.05) is 28.0 Å². The lowest BCUT2D eigenvalue weighted by molar-refractivity contribution is -0.158. The summed E-state index contributed by atoms with van der Waals surface area (Å²) < 4.78 is 16.0. The number of esters is 2. The fourth-order valence-electron chi connectivity index (χ4n) is 3.97. The van der Waals surface area contributed by atoms with E-state index in [1.165, 1.54) is 19.1 Å². The van der Waals surface area contributed by atoms with Crippen LogP contribution in [-0.4, -0.2) is 96.8 Å². The van der Waals surface area contributed by atoms with Gasteiger partial charge in [-0.3, -0.25) is 19.3 Å². The van der Waals surface area contributed by atoms with E-state index in [9.17, 15) is 19.2 Å². The Hall–Kier alpha value is -1.50. The third-order valence-electron chi connectivity index (χ3n) is 6.09. The van der Waals surface area contributed by atoms with Crippen LogP contribution in [0, 0.1) is 0 Å². The molecule has 0 aromatic carbocycles. The molecule has 2 unspecified atom stereocenters. The molecule has 2 fully saturated rings. The minimum atomic E-state index is -0.957. The molecule has 218 valence electrons. The second kappa shape index (κ2) is 17.2. The summed E-state index contributed by atoms with van der Waals surface area (Å²) in [6, 6.07) is -1.86. The van der Waals surface area contributed by atoms with Gasteiger partial charge in [0, 0.05) is 43.5 Å². The van der Waals surface area contributed by atoms with E-state index in [1.54, 1.807) is 20.8 Å². The highest BCUT2D eigenvalue weighted by Gasteiger charge is 2.28. The van der Waals surface area contributed by atoms with Crippen molar-refractivity contribution >= 4 is 45.3 Å². The molecule has 12 heteroatoms. The third-order valence-corrected chi connectivity index (χ3v) is 9.10. The highest BCUT2D eigenvalue weighted by Crippen LogP contribution is 2.39. The standard InChI is InChI=1S/C26H45N3O7S2/c1-19(25(33)36-26(2,3)4)27-24(32)21(28-22(30)8-6-5-7-20-11-18-37-38-20)9-10-23(31)35-17-14-29-12-15-34-16-13-29/h19-21H,5-18H2,1-4H3,(H,27,32)(H,28,30)/t19?,20-,21?/m1/s1. The summed E-state index contributed by atoms with van der Waals surface area (Å²) in [7, 11) is 3.83. The largest absolute Gasteiger partial charge is 0.464 e. The second-order valence-corrected chi connectivity index (χ2v) is 13.5. The molecule has 2 saturated heterocycles. The lowest BCUT2D eigenvalue weighted by Gasteiger charge is -2.26. The number of rotatable bonds is 15. The highest BCUT2D eigenvalue weighted by molar-refractivity contribution is 8.77. The summed E-state index contributed by atoms with van der Waals surface area (Å²) in [5.74, 6) is -0.593. The fourth-order valence-corrected chi connectivity index (χ4v) is 7.00. The zero-order valence-electron chi connectivity index (χ0n) is 23.3. The van der Waals surface area contributed by atoms with Crippen LogP contribution in [0.3, 0.4) is 0 Å². The number of amides is 2. The first-order valence-corrected chi connectivity index (χ1v) is 16.0. The van der Waals surface area contributed by atoms with Crippen LogP contribution in [0.4, 0.5) is 0 Å². The number of carbonyl (C=O) groups is 4. The lowest BCUT2D eigenvalue weighted by atomic mass is 10.1. The number of nitrogens with zero attached hydrogens (tertiary/aromatic N) is 1. The summed E-state index contributed by atoms with van der Waals surface area (Å²) in [4.78, 5) is 52.4. The molecule has 2 amide bonds. The van der Waals surface area contributed by atoms with Gasteiger partial charge in [0.25, 0.3) is 0 Å². The molecule has 2 N–H and O–H groups in total. The lowest BCUT2D eigenvalue weighted by Crippen LogP contribution is -2.51. The molecule has 38 heavy (non-hydrogen) atoms. The van der Waals surface area contributed by atoms with Crippen LogP contribution in [0.25, 0.3) is 0 Å². The van der Waals surface area contributed by atoms with Gasteiger partial charge < -0.3 is 24.8 Å². The summed E-state index contributed by atoms with van der Waals surface area (Å²) >= 11 is 0. The molecule has 2 rings (SSSR count). The second-order valence-electron chi connectivity index (χ2n) is 10.7. The molecular formula is C26H45N3O7S2. The van der Waals surface area contributed by atoms with Crippen LogP contribution in [0.15, 0.2) is 0 Å². The van der Waals surface area contributed by atoms with Crippen LogP contribution < -0.4 is 10.6 Å². The number of carbonyl (C=O) groups excluding carboxylic acids is 4. The van der Waals surface area contributed by atoms with Gasteiger partial charge in [0.05, 0.1) is 13.2 Å². The summed E-state index contributed by atoms with van der Waals surface area (Å²) in [5.41, 5.74) is -0.690. The maximum atomic E-state index is 13.0. The summed E-state index contributed by atoms with van der Waals surface area (Å²) in [6.07, 6.45) is 4.33. The minimum Gasteiger partial charge on any atom is -0.464 e. The van der Waals surface area contributed by atoms with Crippen LogP contribution >= 0.6 is 21.6 Å². The Kier molecular flexibility index (Phi) is 14.8. The predicted octanol–water partition coefficient (Wildman–Crippen LogP) is 2.69. The van der Waals surface area contributed by atoms with E-state index >= 15 is 0 Å². The maximum absolute atomic E-state index is 13.0. The Bertz CT molecular complexity index is 766. The van der Waals surface area contributed by atoms with Crippen molar-refractivity contribution in [2.75, 3.05) is 45.2 Å². The molecule has 0 radical (unpaired) electrons. The normalized spacial score (nSPS) is 19.8. The van der Waals surface area contributed by atoms with Crippen LogP contribution in [0.5, 0.6) is 0 Å². The first-order valence-electron chi connectivity index (χ1n) is 13.6. The minimum absolute atomic E-state index is 0.0289. The van der Waals surface area contributed by atoms with Crippen molar-refractivity contribution in [1.82, 2.24) is 15.5 Å². The molecule has 0 aromatic heterocycles. The van der Waals surface area contributed by atoms with Crippen molar-refractivity contribution < 1.29 is 33.4 Å². The quantitative estimate of drug-likeness (QED) is 0.171. The Morgan fingerprint density at radius 3 is 2.47 bits per heavy atom. The molecule has 0 aromatic rings. The molecule has 2 heterocycles. The monoisotopic (exact) mass is 575 g/mol. The van der Waals surface area contributed by atoms with Gasteiger partial charge in [0.2, 0.25) is 11.8 Å². The van der Waals surface area contributed by atoms with Crippen LogP contribution in [0.1, 0.15) is 72.6 Å². The first kappa shape index (κ1) is 32.7. The van der Waals surface area contributed by atoms with Gasteiger partial charge in [-0.25, -0.2) is 4.79 Å². The van der Waals surface area contributed by atoms with E-state index in [0.717, 1.165) is 32.4 Å². The number of unbranched alkanes of at least 4 members (excludes halogenated alkanes) is 1. The van der Waals surface area contributed by atoms with Gasteiger partial charge >= 0.3 is 11.9 Å². The number of ether oxygens (including phenoxy) is 3. The molecule has 0 aliphatic carbocycles. The molecule has 0 bridgehead atoms. The number of hydrogen-bond acceptors (Lipinski definition) is 10. The van der Waals surface area contributed by atoms with E-state index in [-0.39, 0.29) is 25.4 Å². The van der Waals surface area contributed by atoms with Gasteiger partial charge in [-0.15, -0.1) is 0 Å². The van der Waals surface area contributed by atoms with E-state index in [0.29, 0.717) is 31.4 Å². The van der Waals surface area contributed by atoms with Crippen molar-refractivity contribution in [2.45, 2.75) is 95.6 Å². The Morgan fingerprint density at radius 2 is 1.82 bits per heavy atom. The van der Waals surface area contributed by atoms with E-state index < -0.39 is 35.5 Å². The van der Waals surface area contributed by atoms with E-state index in [2.05, 4.69) is 15.5 Å². The topological polar surface area (TPSA) is 123 Å². The Morgan fingerprint density at radius 1 is 1.08 bits per heavy atom. The maximum Gasteiger partial charge on any atom is 0.328 e. The van der Waals surface area contributed by atoms with Gasteiger partial charge in [0.15, 0.2) is 0 Å². The van der Waals surface area contributed by atoms with Crippen molar-refractivity contribution in [1.29, 1.82) is 0 Å². The number of hydrogen-bond donors (Lipinski definition) is 2. The molecule has 0 spiro atoms. The molecular weight excluding hydrogens is 530 g/mol. The molecule has 2 aliphatic rings. The van der Waals surface area contributed by atoms with Gasteiger partial charge in [0.1, 0.15) is 24.3 Å². The molecule has 10 nitrogen and oxygen atoms in total. The first-order chi connectivity index (χ1) is 18.0. The van der Waals surface area contributed by atoms with Crippen molar-refractivity contribution in [2.24, 2.45) is 0 Å². The van der Waals surface area contributed by atoms with E-state index in [4.69, 9.17) is 14.2 Å². The SMILES string of the molecule is CC(NC(=O)C(CCC(=O)OCCN1CCOCC1)NC(=O)CCCC[C@@H]1CCSS1)C(=O)OC(C)(C)C. The zero-order chi connectivity index (χ0) is 28.0. The predicted molar refractivity (Wildman–Crippen MR) is 150 cm³/mol. The number of morpholine rings is 1. The Balaban J connectivity index is 1.82. The van der Waals surface area contributed by atoms with Crippen molar-refractivity contribution in [3.05, 3.63) is 0 Å². The third kappa shape index (κ3) is 14.0. The van der Waals surface area contributed by atoms with Crippen molar-refractivity contribution in [3.63, 3.8) is 0 Å². The van der Waals surface area contributed by atoms with Gasteiger partial charge in [-0.2, -0.15) is 0 Å². The van der Waals surface area contributed by atoms with Crippen LogP contribution in [-0.2, 0) is 33.4 Å². The van der Waals surface area contributed by atoms with Crippen molar-refractivity contribution in [3.8, 4) is 0 Å². The van der Waals surface area contributed by atoms with Gasteiger partial charge in [-0.05, 0) is 53.4 Å². The average Bonchev–Trinajstić information content (AvgIpc) is 3.37. The van der Waals surface area contributed by atoms with E-state index in [1.807, 2.05) is 21.6 Å².